The Morgan fingerprint density at radius 2 is 1.68 bits per heavy atom. The summed E-state index contributed by atoms with van der Waals surface area (Å²) in [4.78, 5) is 0. The van der Waals surface area contributed by atoms with Gasteiger partial charge in [-0.3, -0.25) is 0 Å². The normalized spacial score (nSPS) is 12.3. The van der Waals surface area contributed by atoms with Crippen LogP contribution < -0.4 is 5.32 Å². The molecule has 2 aromatic carbocycles. The third-order valence-corrected chi connectivity index (χ3v) is 3.21. The van der Waals surface area contributed by atoms with Crippen LogP contribution in [-0.2, 0) is 4.74 Å². The van der Waals surface area contributed by atoms with Crippen LogP contribution >= 0.6 is 0 Å². The molecule has 100 valence electrons. The summed E-state index contributed by atoms with van der Waals surface area (Å²) in [7, 11) is 1.94. The average Bonchev–Trinajstić information content (AvgIpc) is 2.46. The highest BCUT2D eigenvalue weighted by Crippen LogP contribution is 2.28. The van der Waals surface area contributed by atoms with E-state index < -0.39 is 0 Å². The summed E-state index contributed by atoms with van der Waals surface area (Å²) in [6, 6.07) is 18.8. The quantitative estimate of drug-likeness (QED) is 0.799. The lowest BCUT2D eigenvalue weighted by Gasteiger charge is -2.20. The van der Waals surface area contributed by atoms with E-state index in [-0.39, 0.29) is 6.10 Å². The predicted molar refractivity (Wildman–Crippen MR) is 79.3 cm³/mol. The van der Waals surface area contributed by atoms with E-state index in [0.717, 1.165) is 6.54 Å². The first kappa shape index (κ1) is 13.8. The Bertz CT molecular complexity index is 496. The summed E-state index contributed by atoms with van der Waals surface area (Å²) < 4.78 is 6.07. The molecule has 0 unspecified atom stereocenters. The van der Waals surface area contributed by atoms with Crippen molar-refractivity contribution >= 4 is 0 Å². The van der Waals surface area contributed by atoms with Gasteiger partial charge in [-0.2, -0.15) is 0 Å². The van der Waals surface area contributed by atoms with Crippen molar-refractivity contribution in [3.63, 3.8) is 0 Å². The number of aryl methyl sites for hydroxylation is 1. The van der Waals surface area contributed by atoms with Crippen molar-refractivity contribution in [2.24, 2.45) is 0 Å². The van der Waals surface area contributed by atoms with E-state index in [4.69, 9.17) is 4.74 Å². The summed E-state index contributed by atoms with van der Waals surface area (Å²) in [6.45, 7) is 3.69. The van der Waals surface area contributed by atoms with Crippen molar-refractivity contribution in [1.82, 2.24) is 5.32 Å². The fraction of sp³-hybridized carbons (Fsp3) is 0.294. The van der Waals surface area contributed by atoms with Gasteiger partial charge in [-0.05, 0) is 30.7 Å². The smallest absolute Gasteiger partial charge is 0.108 e. The number of ether oxygens (including phenoxy) is 1. The van der Waals surface area contributed by atoms with Crippen LogP contribution in [0.1, 0.15) is 22.8 Å². The average molecular weight is 255 g/mol. The zero-order valence-electron chi connectivity index (χ0n) is 11.6. The first-order valence-electron chi connectivity index (χ1n) is 6.69. The zero-order chi connectivity index (χ0) is 13.5. The Kier molecular flexibility index (Phi) is 5.13. The molecular weight excluding hydrogens is 234 g/mol. The molecule has 2 heteroatoms. The molecule has 0 aliphatic rings. The minimum absolute atomic E-state index is 0.00995. The van der Waals surface area contributed by atoms with Gasteiger partial charge in [0.15, 0.2) is 0 Å². The van der Waals surface area contributed by atoms with Crippen LogP contribution in [0.25, 0.3) is 0 Å². The van der Waals surface area contributed by atoms with Crippen LogP contribution in [0.15, 0.2) is 54.6 Å². The monoisotopic (exact) mass is 255 g/mol. The van der Waals surface area contributed by atoms with Crippen LogP contribution in [0.4, 0.5) is 0 Å². The maximum atomic E-state index is 6.07. The van der Waals surface area contributed by atoms with Crippen molar-refractivity contribution < 1.29 is 4.74 Å². The highest BCUT2D eigenvalue weighted by atomic mass is 16.5. The summed E-state index contributed by atoms with van der Waals surface area (Å²) in [6.07, 6.45) is 0.00995. The number of hydrogen-bond acceptors (Lipinski definition) is 2. The van der Waals surface area contributed by atoms with Gasteiger partial charge in [0.25, 0.3) is 0 Å². The van der Waals surface area contributed by atoms with E-state index >= 15 is 0 Å². The fourth-order valence-corrected chi connectivity index (χ4v) is 2.15. The third kappa shape index (κ3) is 3.66. The SMILES string of the molecule is CNCCO[C@@H](c1ccccc1)c1ccccc1C. The van der Waals surface area contributed by atoms with Gasteiger partial charge in [0, 0.05) is 6.54 Å². The second-order valence-electron chi connectivity index (χ2n) is 4.62. The van der Waals surface area contributed by atoms with Crippen LogP contribution in [-0.4, -0.2) is 20.2 Å². The molecule has 0 aromatic heterocycles. The van der Waals surface area contributed by atoms with Crippen molar-refractivity contribution in [2.75, 3.05) is 20.2 Å². The summed E-state index contributed by atoms with van der Waals surface area (Å²) >= 11 is 0. The summed E-state index contributed by atoms with van der Waals surface area (Å²) in [5.74, 6) is 0. The molecule has 0 aliphatic carbocycles. The maximum absolute atomic E-state index is 6.07. The lowest BCUT2D eigenvalue weighted by molar-refractivity contribution is 0.0827. The zero-order valence-corrected chi connectivity index (χ0v) is 11.6. The van der Waals surface area contributed by atoms with Crippen molar-refractivity contribution in [2.45, 2.75) is 13.0 Å². The van der Waals surface area contributed by atoms with Crippen LogP contribution in [0.3, 0.4) is 0 Å². The molecule has 0 saturated carbocycles. The molecule has 0 amide bonds. The van der Waals surface area contributed by atoms with Crippen molar-refractivity contribution in [3.8, 4) is 0 Å². The molecule has 0 heterocycles. The second kappa shape index (κ2) is 7.07. The maximum Gasteiger partial charge on any atom is 0.108 e. The first-order chi connectivity index (χ1) is 9.33. The van der Waals surface area contributed by atoms with E-state index in [1.165, 1.54) is 16.7 Å². The topological polar surface area (TPSA) is 21.3 Å². The van der Waals surface area contributed by atoms with E-state index in [9.17, 15) is 0 Å². The van der Waals surface area contributed by atoms with Crippen LogP contribution in [0.5, 0.6) is 0 Å². The van der Waals surface area contributed by atoms with Crippen LogP contribution in [0.2, 0.25) is 0 Å². The molecule has 1 atom stereocenters. The van der Waals surface area contributed by atoms with Gasteiger partial charge in [-0.15, -0.1) is 0 Å². The minimum Gasteiger partial charge on any atom is -0.367 e. The third-order valence-electron chi connectivity index (χ3n) is 3.21. The Morgan fingerprint density at radius 3 is 2.37 bits per heavy atom. The van der Waals surface area contributed by atoms with Gasteiger partial charge in [0.2, 0.25) is 0 Å². The molecule has 0 bridgehead atoms. The number of likely N-dealkylation sites (N-methyl/N-ethyl adjacent to an activating group) is 1. The Balaban J connectivity index is 2.27. The molecule has 1 N–H and O–H groups in total. The summed E-state index contributed by atoms with van der Waals surface area (Å²) in [5, 5.41) is 3.12. The highest BCUT2D eigenvalue weighted by molar-refractivity contribution is 5.35. The molecule has 0 radical (unpaired) electrons. The summed E-state index contributed by atoms with van der Waals surface area (Å²) in [5.41, 5.74) is 3.71. The molecule has 2 nitrogen and oxygen atoms in total. The molecular formula is C17H21NO. The highest BCUT2D eigenvalue weighted by Gasteiger charge is 2.15. The Labute approximate surface area is 115 Å². The van der Waals surface area contributed by atoms with E-state index in [1.807, 2.05) is 13.1 Å². The number of benzene rings is 2. The molecule has 0 fully saturated rings. The number of hydrogen-bond donors (Lipinski definition) is 1. The molecule has 0 saturated heterocycles. The van der Waals surface area contributed by atoms with Gasteiger partial charge in [-0.1, -0.05) is 54.6 Å². The second-order valence-corrected chi connectivity index (χ2v) is 4.62. The molecule has 2 rings (SSSR count). The van der Waals surface area contributed by atoms with Gasteiger partial charge in [-0.25, -0.2) is 0 Å². The van der Waals surface area contributed by atoms with E-state index in [1.54, 1.807) is 0 Å². The Morgan fingerprint density at radius 1 is 1.00 bits per heavy atom. The lowest BCUT2D eigenvalue weighted by atomic mass is 9.97. The minimum atomic E-state index is 0.00995. The Hall–Kier alpha value is -1.64. The lowest BCUT2D eigenvalue weighted by Crippen LogP contribution is -2.17. The largest absolute Gasteiger partial charge is 0.367 e. The van der Waals surface area contributed by atoms with Crippen molar-refractivity contribution in [1.29, 1.82) is 0 Å². The van der Waals surface area contributed by atoms with Gasteiger partial charge < -0.3 is 10.1 Å². The first-order valence-corrected chi connectivity index (χ1v) is 6.69. The van der Waals surface area contributed by atoms with Gasteiger partial charge in [0.1, 0.15) is 6.10 Å². The number of nitrogens with one attached hydrogen (secondary N) is 1. The molecule has 2 aromatic rings. The molecule has 19 heavy (non-hydrogen) atoms. The molecule has 0 spiro atoms. The van der Waals surface area contributed by atoms with E-state index in [2.05, 4.69) is 60.8 Å². The molecule has 0 aliphatic heterocycles. The van der Waals surface area contributed by atoms with Gasteiger partial charge >= 0.3 is 0 Å². The number of rotatable bonds is 6. The predicted octanol–water partition coefficient (Wildman–Crippen LogP) is 3.32. The van der Waals surface area contributed by atoms with Gasteiger partial charge in [0.05, 0.1) is 6.61 Å². The van der Waals surface area contributed by atoms with Crippen molar-refractivity contribution in [3.05, 3.63) is 71.3 Å². The fourth-order valence-electron chi connectivity index (χ4n) is 2.15. The van der Waals surface area contributed by atoms with Crippen LogP contribution in [0, 0.1) is 6.92 Å². The standard InChI is InChI=1S/C17H21NO/c1-14-8-6-7-11-16(14)17(19-13-12-18-2)15-9-4-3-5-10-15/h3-11,17-18H,12-13H2,1-2H3/t17-/m0/s1. The van der Waals surface area contributed by atoms with E-state index in [0.29, 0.717) is 6.61 Å².